The summed E-state index contributed by atoms with van der Waals surface area (Å²) >= 11 is 5.97. The molecule has 74 heavy (non-hydrogen) atoms. The fraction of sp³-hybridized carbons (Fsp3) is 0.300. The minimum atomic E-state index is -4.41. The zero-order valence-corrected chi connectivity index (χ0v) is 47.3. The van der Waals surface area contributed by atoms with Crippen LogP contribution in [0.15, 0.2) is 151 Å². The van der Waals surface area contributed by atoms with Crippen LogP contribution >= 0.6 is 41.6 Å². The topological polar surface area (TPSA) is 135 Å². The van der Waals surface area contributed by atoms with Crippen molar-refractivity contribution in [3.05, 3.63) is 173 Å². The van der Waals surface area contributed by atoms with E-state index in [1.165, 1.54) is 132 Å². The molecule has 0 amide bonds. The summed E-state index contributed by atoms with van der Waals surface area (Å²) < 4.78 is 11.6. The van der Waals surface area contributed by atoms with Gasteiger partial charge in [-0.1, -0.05) is 108 Å². The summed E-state index contributed by atoms with van der Waals surface area (Å²) in [5.74, 6) is 0. The third-order valence-corrected chi connectivity index (χ3v) is 17.3. The van der Waals surface area contributed by atoms with E-state index in [9.17, 15) is 14.4 Å². The van der Waals surface area contributed by atoms with Crippen LogP contribution in [-0.4, -0.2) is 39.7 Å². The number of aromatic nitrogens is 6. The zero-order valence-electron chi connectivity index (χ0n) is 42.3. The number of unbranched alkanes of at least 4 members (excludes halogenated alkanes) is 10. The number of rotatable bonds is 24. The second-order valence-corrected chi connectivity index (χ2v) is 23.0. The molecule has 0 atom stereocenters. The minimum Gasteiger partial charge on any atom is -0.321 e. The fourth-order valence-electron chi connectivity index (χ4n) is 8.90. The van der Waals surface area contributed by atoms with Crippen molar-refractivity contribution >= 4 is 46.9 Å². The summed E-state index contributed by atoms with van der Waals surface area (Å²) in [5.41, 5.74) is 10.0. The van der Waals surface area contributed by atoms with Crippen molar-refractivity contribution in [3.8, 4) is 65.1 Å². The van der Waals surface area contributed by atoms with Crippen LogP contribution in [0.3, 0.4) is 0 Å². The molecule has 0 saturated heterocycles. The number of hydrogen-bond donors (Lipinski definition) is 2. The first-order valence-electron chi connectivity index (χ1n) is 25.8. The van der Waals surface area contributed by atoms with E-state index in [-0.39, 0.29) is 24.8 Å². The van der Waals surface area contributed by atoms with E-state index in [1.807, 2.05) is 71.5 Å². The summed E-state index contributed by atoms with van der Waals surface area (Å²) in [7, 11) is -4.41. The molecule has 0 fully saturated rings. The molecule has 0 aliphatic carbocycles. The SMILES string of the molecule is CCCCCCCCc1c(-c2cccs2)sc(-c2ccc(CCc3cc(-c4ccccn4)nc(-c4ccccn4)c3)s2)c1CCCCCCCC.O=P(O)(O)c1cc(-c2ccccn2)nc(-c2ccccn2)c1.[Ru]. The quantitative estimate of drug-likeness (QED) is 0.0344. The molecule has 0 radical (unpaired) electrons. The molecule has 9 aromatic heterocycles. The number of thiophene rings is 3. The van der Waals surface area contributed by atoms with Crippen LogP contribution < -0.4 is 5.30 Å². The maximum atomic E-state index is 11.6. The van der Waals surface area contributed by atoms with Crippen molar-refractivity contribution in [1.29, 1.82) is 0 Å². The van der Waals surface area contributed by atoms with Gasteiger partial charge in [-0.05, 0) is 152 Å². The Labute approximate surface area is 462 Å². The van der Waals surface area contributed by atoms with Crippen LogP contribution in [0.4, 0.5) is 0 Å². The van der Waals surface area contributed by atoms with Gasteiger partial charge in [0.25, 0.3) is 0 Å². The van der Waals surface area contributed by atoms with E-state index in [2.05, 4.69) is 91.9 Å². The molecule has 0 saturated carbocycles. The Morgan fingerprint density at radius 2 is 0.892 bits per heavy atom. The monoisotopic (exact) mass is 1150 g/mol. The van der Waals surface area contributed by atoms with Crippen LogP contribution in [0, 0.1) is 0 Å². The third-order valence-electron chi connectivity index (χ3n) is 12.7. The third kappa shape index (κ3) is 16.1. The van der Waals surface area contributed by atoms with E-state index >= 15 is 0 Å². The number of nitrogens with zero attached hydrogens (tertiary/aromatic N) is 6. The molecule has 9 nitrogen and oxygen atoms in total. The first-order valence-corrected chi connectivity index (χ1v) is 29.9. The molecule has 9 rings (SSSR count). The Morgan fingerprint density at radius 3 is 1.31 bits per heavy atom. The predicted molar refractivity (Wildman–Crippen MR) is 306 cm³/mol. The molecule has 0 unspecified atom stereocenters. The minimum absolute atomic E-state index is 0. The molecular weight excluding hydrogens is 1080 g/mol. The number of pyridine rings is 6. The van der Waals surface area contributed by atoms with Crippen LogP contribution in [0.5, 0.6) is 0 Å². The van der Waals surface area contributed by atoms with Crippen molar-refractivity contribution < 1.29 is 33.8 Å². The van der Waals surface area contributed by atoms with Crippen LogP contribution in [0.25, 0.3) is 65.1 Å². The molecule has 9 aromatic rings. The van der Waals surface area contributed by atoms with Crippen molar-refractivity contribution in [1.82, 2.24) is 29.9 Å². The Hall–Kier alpha value is -5.23. The van der Waals surface area contributed by atoms with Gasteiger partial charge in [0.2, 0.25) is 0 Å². The Kier molecular flexibility index (Phi) is 22.3. The van der Waals surface area contributed by atoms with E-state index < -0.39 is 7.60 Å². The summed E-state index contributed by atoms with van der Waals surface area (Å²) in [6.07, 6.45) is 27.3. The van der Waals surface area contributed by atoms with Crippen LogP contribution in [0.2, 0.25) is 0 Å². The number of aryl methyl sites for hydroxylation is 2. The van der Waals surface area contributed by atoms with E-state index in [4.69, 9.17) is 4.98 Å². The fourth-order valence-corrected chi connectivity index (χ4v) is 12.9. The normalized spacial score (nSPS) is 11.2. The van der Waals surface area contributed by atoms with Gasteiger partial charge in [-0.2, -0.15) is 0 Å². The van der Waals surface area contributed by atoms with E-state index in [1.54, 1.807) is 59.9 Å². The van der Waals surface area contributed by atoms with Crippen LogP contribution in [-0.2, 0) is 49.7 Å². The molecule has 14 heteroatoms. The van der Waals surface area contributed by atoms with Gasteiger partial charge < -0.3 is 9.79 Å². The zero-order chi connectivity index (χ0) is 50.7. The second-order valence-electron chi connectivity index (χ2n) is 18.2. The van der Waals surface area contributed by atoms with Gasteiger partial charge in [-0.15, -0.1) is 34.0 Å². The summed E-state index contributed by atoms with van der Waals surface area (Å²) in [4.78, 5) is 53.3. The maximum Gasteiger partial charge on any atom is 0.356 e. The average molecular weight is 1150 g/mol. The van der Waals surface area contributed by atoms with Gasteiger partial charge in [0.1, 0.15) is 0 Å². The number of hydrogen-bond acceptors (Lipinski definition) is 10. The van der Waals surface area contributed by atoms with Gasteiger partial charge in [0, 0.05) is 68.7 Å². The molecule has 0 aliphatic heterocycles. The summed E-state index contributed by atoms with van der Waals surface area (Å²) in [6.45, 7) is 4.62. The smallest absolute Gasteiger partial charge is 0.321 e. The van der Waals surface area contributed by atoms with Crippen molar-refractivity contribution in [3.63, 3.8) is 0 Å². The molecular formula is C60H65N6O3PRuS3. The molecule has 0 aliphatic rings. The Balaban J connectivity index is 0.000000290. The van der Waals surface area contributed by atoms with Gasteiger partial charge in [0.15, 0.2) is 0 Å². The predicted octanol–water partition coefficient (Wildman–Crippen LogP) is 16.3. The second kappa shape index (κ2) is 29.2. The molecule has 384 valence electrons. The van der Waals surface area contributed by atoms with Gasteiger partial charge in [-0.3, -0.25) is 24.5 Å². The maximum absolute atomic E-state index is 11.6. The van der Waals surface area contributed by atoms with E-state index in [0.29, 0.717) is 22.8 Å². The van der Waals surface area contributed by atoms with Gasteiger partial charge >= 0.3 is 7.60 Å². The van der Waals surface area contributed by atoms with Gasteiger partial charge in [0.05, 0.1) is 50.9 Å². The molecule has 0 aromatic carbocycles. The van der Waals surface area contributed by atoms with Crippen LogP contribution in [0.1, 0.15) is 112 Å². The van der Waals surface area contributed by atoms with Crippen molar-refractivity contribution in [2.45, 2.75) is 117 Å². The summed E-state index contributed by atoms with van der Waals surface area (Å²) in [6, 6.07) is 39.1. The largest absolute Gasteiger partial charge is 0.356 e. The Bertz CT molecular complexity index is 3000. The van der Waals surface area contributed by atoms with E-state index in [0.717, 1.165) is 35.6 Å². The van der Waals surface area contributed by atoms with Crippen molar-refractivity contribution in [2.75, 3.05) is 0 Å². The standard InChI is InChI=1S/C45H53N3S3.C15H12N3O3P.Ru/c1-3-5-7-9-11-13-20-36-37(21-14-12-10-8-6-4-2)45(51-44(36)42-24-19-31-49-42)43-28-27-35(50-43)26-25-34-32-40(38-22-15-17-29-46-38)48-41(33-34)39-23-16-18-30-47-39;19-22(20,21)11-9-14(12-5-1-3-7-16-12)18-15(10-11)13-6-2-4-8-17-13;/h15-19,22-24,27-33H,3-14,20-21,25-26H2,1-2H3;1-10H,(H2,19,20,21);. The average Bonchev–Trinajstić information content (AvgIpc) is 4.22. The molecule has 2 N–H and O–H groups in total. The first kappa shape index (κ1) is 56.5. The summed E-state index contributed by atoms with van der Waals surface area (Å²) in [5, 5.41) is 2.14. The van der Waals surface area contributed by atoms with Crippen molar-refractivity contribution in [2.24, 2.45) is 0 Å². The first-order chi connectivity index (χ1) is 35.8. The molecule has 0 spiro atoms. The Morgan fingerprint density at radius 1 is 0.446 bits per heavy atom. The molecule has 9 heterocycles. The molecule has 0 bridgehead atoms. The van der Waals surface area contributed by atoms with Gasteiger partial charge in [-0.25, -0.2) is 9.97 Å².